The highest BCUT2D eigenvalue weighted by Crippen LogP contribution is 2.31. The van der Waals surface area contributed by atoms with Gasteiger partial charge in [0, 0.05) is 14.1 Å². The summed E-state index contributed by atoms with van der Waals surface area (Å²) in [4.78, 5) is 0. The lowest BCUT2D eigenvalue weighted by atomic mass is 10.4. The van der Waals surface area contributed by atoms with Gasteiger partial charge < -0.3 is 26.3 Å². The molecule has 15 heavy (non-hydrogen) atoms. The third-order valence-electron chi connectivity index (χ3n) is 2.24. The van der Waals surface area contributed by atoms with E-state index in [0.29, 0.717) is 25.7 Å². The summed E-state index contributed by atoms with van der Waals surface area (Å²) in [6, 6.07) is 0. The van der Waals surface area contributed by atoms with Crippen molar-refractivity contribution in [1.29, 1.82) is 0 Å². The van der Waals surface area contributed by atoms with Crippen LogP contribution in [0.2, 0.25) is 0 Å². The summed E-state index contributed by atoms with van der Waals surface area (Å²) in [5, 5.41) is 35.9. The molecule has 0 fully saturated rings. The van der Waals surface area contributed by atoms with Gasteiger partial charge in [0.2, 0.25) is 17.7 Å². The zero-order valence-corrected chi connectivity index (χ0v) is 8.22. The molecule has 0 aliphatic rings. The molecule has 0 spiro atoms. The van der Waals surface area contributed by atoms with E-state index in [2.05, 4.69) is 10.6 Å². The second kappa shape index (κ2) is 2.87. The molecule has 0 atom stereocenters. The first-order valence-electron chi connectivity index (χ1n) is 4.24. The van der Waals surface area contributed by atoms with Crippen LogP contribution in [0.3, 0.4) is 0 Å². The zero-order chi connectivity index (χ0) is 11.2. The van der Waals surface area contributed by atoms with Crippen molar-refractivity contribution in [2.24, 2.45) is 0 Å². The number of anilines is 2. The Kier molecular flexibility index (Phi) is 1.78. The zero-order valence-electron chi connectivity index (χ0n) is 8.22. The fourth-order valence-electron chi connectivity index (χ4n) is 1.63. The average Bonchev–Trinajstić information content (AvgIpc) is 2.64. The van der Waals surface area contributed by atoms with Gasteiger partial charge >= 0.3 is 5.65 Å². The highest BCUT2D eigenvalue weighted by Gasteiger charge is 2.28. The predicted molar refractivity (Wildman–Crippen MR) is 52.4 cm³/mol. The standard InChI is InChI=1S/C7H11N5O3/c1-8-4-5-7(11(14)3-10(5)13)12(15)6(4)9-2/h3,8-9,13,15H,1-2H3. The fourth-order valence-corrected chi connectivity index (χ4v) is 1.63. The summed E-state index contributed by atoms with van der Waals surface area (Å²) in [6.07, 6.45) is 0.914. The van der Waals surface area contributed by atoms with E-state index in [1.165, 1.54) is 0 Å². The molecule has 2 rings (SSSR count). The third kappa shape index (κ3) is 0.981. The monoisotopic (exact) mass is 213 g/mol. The number of nitrogens with one attached hydrogen (secondary N) is 2. The maximum Gasteiger partial charge on any atom is 0.313 e. The van der Waals surface area contributed by atoms with E-state index in [9.17, 15) is 15.6 Å². The third-order valence-corrected chi connectivity index (χ3v) is 2.24. The summed E-state index contributed by atoms with van der Waals surface area (Å²) in [5.41, 5.74) is 0.595. The van der Waals surface area contributed by atoms with Gasteiger partial charge in [-0.05, 0) is 0 Å². The topological polar surface area (TPSA) is 101 Å². The van der Waals surface area contributed by atoms with Crippen LogP contribution in [0.25, 0.3) is 11.2 Å². The van der Waals surface area contributed by atoms with Crippen LogP contribution in [0.15, 0.2) is 6.33 Å². The number of rotatable bonds is 2. The molecule has 0 aliphatic carbocycles. The molecule has 4 N–H and O–H groups in total. The molecular formula is C7H11N5O3. The summed E-state index contributed by atoms with van der Waals surface area (Å²) >= 11 is 0. The highest BCUT2D eigenvalue weighted by atomic mass is 16.5. The van der Waals surface area contributed by atoms with E-state index in [1.807, 2.05) is 0 Å². The van der Waals surface area contributed by atoms with Crippen LogP contribution in [0.4, 0.5) is 11.5 Å². The normalized spacial score (nSPS) is 10.8. The molecule has 8 nitrogen and oxygen atoms in total. The lowest BCUT2D eigenvalue weighted by Gasteiger charge is -2.02. The molecule has 82 valence electrons. The van der Waals surface area contributed by atoms with Gasteiger partial charge in [-0.1, -0.05) is 9.46 Å². The molecule has 8 heteroatoms. The number of imidazole rings is 1. The molecule has 0 saturated carbocycles. The summed E-state index contributed by atoms with van der Waals surface area (Å²) in [5.74, 6) is 0.301. The Hall–Kier alpha value is -2.25. The van der Waals surface area contributed by atoms with Crippen LogP contribution < -0.4 is 15.4 Å². The van der Waals surface area contributed by atoms with Gasteiger partial charge in [0.25, 0.3) is 0 Å². The van der Waals surface area contributed by atoms with Gasteiger partial charge in [-0.3, -0.25) is 0 Å². The van der Waals surface area contributed by atoms with Crippen LogP contribution in [0.1, 0.15) is 0 Å². The fraction of sp³-hybridized carbons (Fsp3) is 0.286. The van der Waals surface area contributed by atoms with Crippen molar-refractivity contribution < 1.29 is 15.1 Å². The second-order valence-corrected chi connectivity index (χ2v) is 2.99. The van der Waals surface area contributed by atoms with E-state index < -0.39 is 0 Å². The molecule has 0 aromatic carbocycles. The van der Waals surface area contributed by atoms with Crippen molar-refractivity contribution in [3.05, 3.63) is 11.5 Å². The van der Waals surface area contributed by atoms with Crippen molar-refractivity contribution in [3.8, 4) is 0 Å². The molecule has 2 heterocycles. The lowest BCUT2D eigenvalue weighted by molar-refractivity contribution is -0.584. The number of hydrogen-bond donors (Lipinski definition) is 4. The molecule has 0 saturated heterocycles. The highest BCUT2D eigenvalue weighted by molar-refractivity contribution is 5.94. The van der Waals surface area contributed by atoms with E-state index in [1.54, 1.807) is 14.1 Å². The summed E-state index contributed by atoms with van der Waals surface area (Å²) in [7, 11) is 3.22. The Balaban J connectivity index is 2.92. The Morgan fingerprint density at radius 2 is 2.00 bits per heavy atom. The maximum atomic E-state index is 11.3. The van der Waals surface area contributed by atoms with Crippen molar-refractivity contribution in [2.75, 3.05) is 24.7 Å². The van der Waals surface area contributed by atoms with Crippen LogP contribution >= 0.6 is 0 Å². The van der Waals surface area contributed by atoms with E-state index >= 15 is 0 Å². The SMILES string of the molecule is CNc1c(NC)n(O)c2c1n(O)c[n+]2[O-]. The number of aromatic nitrogens is 3. The predicted octanol–water partition coefficient (Wildman–Crippen LogP) is -0.366. The molecule has 0 aliphatic heterocycles. The van der Waals surface area contributed by atoms with E-state index in [0.717, 1.165) is 6.33 Å². The van der Waals surface area contributed by atoms with Gasteiger partial charge in [0.15, 0.2) is 0 Å². The summed E-state index contributed by atoms with van der Waals surface area (Å²) in [6.45, 7) is 0. The van der Waals surface area contributed by atoms with E-state index in [-0.39, 0.29) is 11.2 Å². The van der Waals surface area contributed by atoms with Gasteiger partial charge in [0.05, 0.1) is 0 Å². The number of nitrogens with zero attached hydrogens (tertiary/aromatic N) is 3. The van der Waals surface area contributed by atoms with Gasteiger partial charge in [0.1, 0.15) is 5.69 Å². The smallest absolute Gasteiger partial charge is 0.313 e. The van der Waals surface area contributed by atoms with Gasteiger partial charge in [-0.2, -0.15) is 0 Å². The molecule has 2 aromatic rings. The Morgan fingerprint density at radius 3 is 2.53 bits per heavy atom. The molecular weight excluding hydrogens is 202 g/mol. The maximum absolute atomic E-state index is 11.3. The largest absolute Gasteiger partial charge is 0.740 e. The Morgan fingerprint density at radius 1 is 1.33 bits per heavy atom. The molecule has 0 bridgehead atoms. The van der Waals surface area contributed by atoms with Crippen molar-refractivity contribution in [2.45, 2.75) is 0 Å². The minimum atomic E-state index is -0.0498. The minimum absolute atomic E-state index is 0.0498. The van der Waals surface area contributed by atoms with Gasteiger partial charge in [-0.25, -0.2) is 4.73 Å². The first-order valence-corrected chi connectivity index (χ1v) is 4.24. The van der Waals surface area contributed by atoms with Crippen LogP contribution in [-0.4, -0.2) is 34.0 Å². The van der Waals surface area contributed by atoms with Crippen molar-refractivity contribution in [1.82, 2.24) is 9.46 Å². The van der Waals surface area contributed by atoms with Crippen LogP contribution in [-0.2, 0) is 0 Å². The quantitative estimate of drug-likeness (QED) is 0.310. The van der Waals surface area contributed by atoms with Crippen LogP contribution in [0.5, 0.6) is 0 Å². The minimum Gasteiger partial charge on any atom is -0.740 e. The second-order valence-electron chi connectivity index (χ2n) is 2.99. The van der Waals surface area contributed by atoms with Crippen molar-refractivity contribution >= 4 is 22.7 Å². The summed E-state index contributed by atoms with van der Waals surface area (Å²) < 4.78 is 1.71. The van der Waals surface area contributed by atoms with Gasteiger partial charge in [-0.15, -0.1) is 0 Å². The Bertz CT molecular complexity index is 514. The van der Waals surface area contributed by atoms with Crippen molar-refractivity contribution in [3.63, 3.8) is 0 Å². The Labute approximate surface area is 84.5 Å². The number of fused-ring (bicyclic) bond motifs is 1. The van der Waals surface area contributed by atoms with E-state index in [4.69, 9.17) is 0 Å². The first kappa shape index (κ1) is 9.31. The molecule has 0 unspecified atom stereocenters. The molecule has 2 aromatic heterocycles. The first-order chi connectivity index (χ1) is 7.11. The average molecular weight is 213 g/mol. The van der Waals surface area contributed by atoms with Crippen LogP contribution in [0, 0.1) is 5.21 Å². The lowest BCUT2D eigenvalue weighted by Crippen LogP contribution is -2.26. The molecule has 0 amide bonds. The number of hydrogen-bond acceptors (Lipinski definition) is 5. The molecule has 0 radical (unpaired) electrons.